The lowest BCUT2D eigenvalue weighted by atomic mass is 9.83. The molecule has 5 heteroatoms. The number of rotatable bonds is 2. The number of H-pyrrole nitrogens is 1. The molecule has 0 saturated heterocycles. The predicted octanol–water partition coefficient (Wildman–Crippen LogP) is 4.80. The minimum atomic E-state index is -0.133. The number of hydrogen-bond donors (Lipinski definition) is 1. The molecule has 0 fully saturated rings. The Bertz CT molecular complexity index is 1790. The summed E-state index contributed by atoms with van der Waals surface area (Å²) < 4.78 is 2.62. The van der Waals surface area contributed by atoms with Crippen LogP contribution in [0.3, 0.4) is 0 Å². The van der Waals surface area contributed by atoms with Crippen LogP contribution in [0, 0.1) is 0 Å². The summed E-state index contributed by atoms with van der Waals surface area (Å²) in [5, 5.41) is 1.11. The van der Waals surface area contributed by atoms with Crippen LogP contribution in [0.5, 0.6) is 0 Å². The minimum Gasteiger partial charge on any atom is -0.361 e. The molecule has 7 rings (SSSR count). The molecule has 1 atom stereocenters. The number of aromatic amines is 1. The lowest BCUT2D eigenvalue weighted by Gasteiger charge is -2.30. The molecule has 1 aliphatic heterocycles. The fraction of sp³-hybridized carbons (Fsp3) is 0.103. The van der Waals surface area contributed by atoms with Gasteiger partial charge in [0.1, 0.15) is 0 Å². The molecule has 3 aromatic carbocycles. The van der Waals surface area contributed by atoms with E-state index in [1.54, 1.807) is 0 Å². The van der Waals surface area contributed by atoms with Gasteiger partial charge in [0.05, 0.1) is 16.3 Å². The summed E-state index contributed by atoms with van der Waals surface area (Å²) in [6.45, 7) is 0. The van der Waals surface area contributed by atoms with Crippen molar-refractivity contribution in [3.8, 4) is 0 Å². The van der Waals surface area contributed by atoms with Crippen molar-refractivity contribution in [3.63, 3.8) is 0 Å². The van der Waals surface area contributed by atoms with Crippen LogP contribution in [0.2, 0.25) is 0 Å². The third-order valence-electron chi connectivity index (χ3n) is 6.90. The topological polar surface area (TPSA) is 50.1 Å². The van der Waals surface area contributed by atoms with Gasteiger partial charge in [-0.15, -0.1) is 0 Å². The summed E-state index contributed by atoms with van der Waals surface area (Å²) in [4.78, 5) is 23.0. The number of fused-ring (bicyclic) bond motifs is 4. The first kappa shape index (κ1) is 19.5. The van der Waals surface area contributed by atoms with Gasteiger partial charge in [-0.3, -0.25) is 9.36 Å². The van der Waals surface area contributed by atoms with Gasteiger partial charge in [0.15, 0.2) is 4.80 Å². The molecule has 4 nitrogen and oxygen atoms in total. The number of nitrogens with zero attached hydrogens (tertiary/aromatic N) is 2. The summed E-state index contributed by atoms with van der Waals surface area (Å²) >= 11 is 1.48. The zero-order chi connectivity index (χ0) is 22.6. The highest BCUT2D eigenvalue weighted by Crippen LogP contribution is 2.41. The maximum absolute atomic E-state index is 13.8. The van der Waals surface area contributed by atoms with Crippen molar-refractivity contribution in [2.24, 2.45) is 4.99 Å². The number of hydrogen-bond acceptors (Lipinski definition) is 3. The van der Waals surface area contributed by atoms with Crippen molar-refractivity contribution < 1.29 is 0 Å². The molecule has 0 radical (unpaired) electrons. The predicted molar refractivity (Wildman–Crippen MR) is 137 cm³/mol. The highest BCUT2D eigenvalue weighted by atomic mass is 32.1. The molecule has 1 unspecified atom stereocenters. The van der Waals surface area contributed by atoms with Crippen LogP contribution in [0.25, 0.3) is 22.7 Å². The van der Waals surface area contributed by atoms with Crippen molar-refractivity contribution in [2.75, 3.05) is 0 Å². The van der Waals surface area contributed by atoms with E-state index in [1.807, 2.05) is 47.2 Å². The van der Waals surface area contributed by atoms with E-state index >= 15 is 0 Å². The second-order valence-electron chi connectivity index (χ2n) is 8.81. The van der Waals surface area contributed by atoms with E-state index in [0.717, 1.165) is 45.4 Å². The Balaban J connectivity index is 1.50. The van der Waals surface area contributed by atoms with Gasteiger partial charge in [-0.25, -0.2) is 4.99 Å². The average molecular weight is 460 g/mol. The van der Waals surface area contributed by atoms with Crippen LogP contribution < -0.4 is 14.9 Å². The number of benzene rings is 3. The Hall–Kier alpha value is -3.96. The molecule has 0 spiro atoms. The summed E-state index contributed by atoms with van der Waals surface area (Å²) in [7, 11) is 0. The third kappa shape index (κ3) is 2.90. The first-order chi connectivity index (χ1) is 16.8. The van der Waals surface area contributed by atoms with Crippen LogP contribution >= 0.6 is 11.3 Å². The van der Waals surface area contributed by atoms with Crippen LogP contribution in [0.1, 0.15) is 34.7 Å². The number of para-hydroxylation sites is 1. The van der Waals surface area contributed by atoms with E-state index in [0.29, 0.717) is 4.53 Å². The van der Waals surface area contributed by atoms with Gasteiger partial charge in [-0.2, -0.15) is 0 Å². The molecule has 1 N–H and O–H groups in total. The first-order valence-corrected chi connectivity index (χ1v) is 12.3. The maximum Gasteiger partial charge on any atom is 0.271 e. The van der Waals surface area contributed by atoms with E-state index in [1.165, 1.54) is 28.0 Å². The Morgan fingerprint density at radius 3 is 2.65 bits per heavy atom. The van der Waals surface area contributed by atoms with Gasteiger partial charge in [0.25, 0.3) is 5.56 Å². The molecule has 0 bridgehead atoms. The van der Waals surface area contributed by atoms with Crippen LogP contribution in [0.4, 0.5) is 0 Å². The van der Waals surface area contributed by atoms with Crippen molar-refractivity contribution in [1.82, 2.24) is 9.55 Å². The zero-order valence-electron chi connectivity index (χ0n) is 18.4. The monoisotopic (exact) mass is 459 g/mol. The smallest absolute Gasteiger partial charge is 0.271 e. The summed E-state index contributed by atoms with van der Waals surface area (Å²) in [5.74, 6) is 0. The summed E-state index contributed by atoms with van der Waals surface area (Å²) in [6.07, 6.45) is 5.84. The third-order valence-corrected chi connectivity index (χ3v) is 7.88. The van der Waals surface area contributed by atoms with Crippen LogP contribution in [0.15, 0.2) is 100 Å². The van der Waals surface area contributed by atoms with Gasteiger partial charge in [-0.1, -0.05) is 84.1 Å². The summed E-state index contributed by atoms with van der Waals surface area (Å²) in [5.41, 5.74) is 8.03. The van der Waals surface area contributed by atoms with E-state index < -0.39 is 0 Å². The van der Waals surface area contributed by atoms with Crippen molar-refractivity contribution in [3.05, 3.63) is 133 Å². The van der Waals surface area contributed by atoms with E-state index in [9.17, 15) is 4.79 Å². The summed E-state index contributed by atoms with van der Waals surface area (Å²) in [6, 6.07) is 26.9. The average Bonchev–Trinajstić information content (AvgIpc) is 3.44. The highest BCUT2D eigenvalue weighted by molar-refractivity contribution is 7.07. The van der Waals surface area contributed by atoms with Gasteiger partial charge >= 0.3 is 0 Å². The first-order valence-electron chi connectivity index (χ1n) is 11.5. The molecule has 2 aromatic heterocycles. The Kier molecular flexibility index (Phi) is 4.32. The van der Waals surface area contributed by atoms with Crippen LogP contribution in [-0.4, -0.2) is 9.55 Å². The van der Waals surface area contributed by atoms with E-state index in [-0.39, 0.29) is 11.6 Å². The second-order valence-corrected chi connectivity index (χ2v) is 9.82. The molecular formula is C29H21N3OS. The Morgan fingerprint density at radius 1 is 0.941 bits per heavy atom. The van der Waals surface area contributed by atoms with Gasteiger partial charge in [-0.05, 0) is 41.7 Å². The van der Waals surface area contributed by atoms with E-state index in [2.05, 4.69) is 53.5 Å². The fourth-order valence-electron chi connectivity index (χ4n) is 5.31. The number of allylic oxidation sites excluding steroid dienone is 1. The van der Waals surface area contributed by atoms with E-state index in [4.69, 9.17) is 4.99 Å². The molecule has 1 aliphatic carbocycles. The van der Waals surface area contributed by atoms with Gasteiger partial charge < -0.3 is 4.98 Å². The number of aryl methyl sites for hydroxylation is 1. The normalized spacial score (nSPS) is 17.3. The fourth-order valence-corrected chi connectivity index (χ4v) is 6.30. The van der Waals surface area contributed by atoms with Crippen molar-refractivity contribution in [1.29, 1.82) is 0 Å². The molecule has 5 aromatic rings. The number of aromatic nitrogens is 2. The molecule has 3 heterocycles. The SMILES string of the molecule is O=c1c(=Cc2c[nH]c3ccccc23)sc2n1C(c1ccccc1)C1=C(N=2)c2ccccc2CC1. The molecule has 0 amide bonds. The number of thiazole rings is 1. The number of nitrogens with one attached hydrogen (secondary N) is 1. The van der Waals surface area contributed by atoms with Gasteiger partial charge in [0, 0.05) is 28.2 Å². The molecule has 2 aliphatic rings. The van der Waals surface area contributed by atoms with Crippen molar-refractivity contribution >= 4 is 34.0 Å². The lowest BCUT2D eigenvalue weighted by Crippen LogP contribution is -2.38. The second kappa shape index (κ2) is 7.54. The van der Waals surface area contributed by atoms with Crippen LogP contribution in [-0.2, 0) is 6.42 Å². The molecular weight excluding hydrogens is 438 g/mol. The Morgan fingerprint density at radius 2 is 1.74 bits per heavy atom. The lowest BCUT2D eigenvalue weighted by molar-refractivity contribution is 0.585. The molecule has 0 saturated carbocycles. The largest absolute Gasteiger partial charge is 0.361 e. The molecule has 164 valence electrons. The van der Waals surface area contributed by atoms with Crippen molar-refractivity contribution in [2.45, 2.75) is 18.9 Å². The Labute approximate surface area is 199 Å². The van der Waals surface area contributed by atoms with Gasteiger partial charge in [0.2, 0.25) is 0 Å². The quantitative estimate of drug-likeness (QED) is 0.405. The minimum absolute atomic E-state index is 0.0216. The zero-order valence-corrected chi connectivity index (χ0v) is 19.2. The highest BCUT2D eigenvalue weighted by Gasteiger charge is 2.32. The standard InChI is InChI=1S/C29H21N3OS/c33-28-25(16-20-17-30-24-13-7-6-11-21(20)24)34-29-31-26-22-12-5-4-8-18(22)14-15-23(26)27(32(28)29)19-9-2-1-3-10-19/h1-13,16-17,27,30H,14-15H2. The maximum atomic E-state index is 13.8. The molecule has 34 heavy (non-hydrogen) atoms.